The van der Waals surface area contributed by atoms with Crippen LogP contribution in [0.2, 0.25) is 0 Å². The minimum absolute atomic E-state index is 0.113. The summed E-state index contributed by atoms with van der Waals surface area (Å²) in [4.78, 5) is 14.0. The standard InChI is InChI=1S/C14H24N4O4/c1-3-5-18(10-8-22-9-11(19)14(10)21)7-13(20)15-12-4-6-17(2)16-12/h4,6,10-11,14,19,21H,3,5,7-9H2,1-2H3,(H,15,16,20)/t10-,11-,14+/m1/s1. The minimum Gasteiger partial charge on any atom is -0.389 e. The van der Waals surface area contributed by atoms with Gasteiger partial charge in [0.25, 0.3) is 0 Å². The van der Waals surface area contributed by atoms with Crippen LogP contribution in [0.5, 0.6) is 0 Å². The van der Waals surface area contributed by atoms with Gasteiger partial charge in [0.05, 0.1) is 31.9 Å². The van der Waals surface area contributed by atoms with E-state index in [4.69, 9.17) is 4.74 Å². The van der Waals surface area contributed by atoms with Crippen LogP contribution in [0.4, 0.5) is 5.82 Å². The van der Waals surface area contributed by atoms with Crippen LogP contribution in [0, 0.1) is 0 Å². The van der Waals surface area contributed by atoms with Crippen LogP contribution < -0.4 is 5.32 Å². The van der Waals surface area contributed by atoms with Gasteiger partial charge >= 0.3 is 0 Å². The molecule has 0 bridgehead atoms. The highest BCUT2D eigenvalue weighted by Gasteiger charge is 2.35. The first-order valence-corrected chi connectivity index (χ1v) is 7.48. The Hall–Kier alpha value is -1.48. The van der Waals surface area contributed by atoms with Crippen molar-refractivity contribution < 1.29 is 19.7 Å². The zero-order valence-electron chi connectivity index (χ0n) is 13.0. The zero-order chi connectivity index (χ0) is 16.1. The summed E-state index contributed by atoms with van der Waals surface area (Å²) in [7, 11) is 1.77. The third-order valence-electron chi connectivity index (χ3n) is 3.67. The molecule has 1 amide bonds. The summed E-state index contributed by atoms with van der Waals surface area (Å²) in [5.74, 6) is 0.281. The van der Waals surface area contributed by atoms with Crippen molar-refractivity contribution in [1.82, 2.24) is 14.7 Å². The lowest BCUT2D eigenvalue weighted by molar-refractivity contribution is -0.138. The van der Waals surface area contributed by atoms with Crippen LogP contribution in [-0.4, -0.2) is 75.4 Å². The second-order valence-electron chi connectivity index (χ2n) is 5.56. The summed E-state index contributed by atoms with van der Waals surface area (Å²) in [5, 5.41) is 26.7. The molecule has 0 aromatic carbocycles. The Morgan fingerprint density at radius 3 is 2.95 bits per heavy atom. The normalized spacial score (nSPS) is 25.4. The summed E-state index contributed by atoms with van der Waals surface area (Å²) in [6, 6.07) is 1.32. The van der Waals surface area contributed by atoms with Gasteiger partial charge in [-0.1, -0.05) is 6.92 Å². The molecule has 22 heavy (non-hydrogen) atoms. The quantitative estimate of drug-likeness (QED) is 0.635. The molecule has 0 aliphatic carbocycles. The highest BCUT2D eigenvalue weighted by atomic mass is 16.5. The first kappa shape index (κ1) is 16.9. The van der Waals surface area contributed by atoms with Crippen molar-refractivity contribution in [1.29, 1.82) is 0 Å². The van der Waals surface area contributed by atoms with Crippen LogP contribution in [-0.2, 0) is 16.6 Å². The van der Waals surface area contributed by atoms with E-state index in [1.54, 1.807) is 24.0 Å². The van der Waals surface area contributed by atoms with Gasteiger partial charge in [0.1, 0.15) is 6.10 Å². The monoisotopic (exact) mass is 312 g/mol. The SMILES string of the molecule is CCCN(CC(=O)Nc1ccn(C)n1)[C@@H]1COC[C@@H](O)[C@H]1O. The lowest BCUT2D eigenvalue weighted by Gasteiger charge is -2.39. The van der Waals surface area contributed by atoms with E-state index in [0.717, 1.165) is 6.42 Å². The summed E-state index contributed by atoms with van der Waals surface area (Å²) in [5.41, 5.74) is 0. The first-order valence-electron chi connectivity index (χ1n) is 7.48. The van der Waals surface area contributed by atoms with E-state index in [-0.39, 0.29) is 19.1 Å². The van der Waals surface area contributed by atoms with Crippen molar-refractivity contribution in [3.63, 3.8) is 0 Å². The highest BCUT2D eigenvalue weighted by molar-refractivity contribution is 5.91. The molecule has 3 N–H and O–H groups in total. The molecule has 1 saturated heterocycles. The zero-order valence-corrected chi connectivity index (χ0v) is 13.0. The summed E-state index contributed by atoms with van der Waals surface area (Å²) >= 11 is 0. The number of hydrogen-bond acceptors (Lipinski definition) is 6. The molecule has 2 heterocycles. The number of carbonyl (C=O) groups excluding carboxylic acids is 1. The van der Waals surface area contributed by atoms with Crippen molar-refractivity contribution >= 4 is 11.7 Å². The summed E-state index contributed by atoms with van der Waals surface area (Å²) in [6.45, 7) is 3.17. The van der Waals surface area contributed by atoms with Gasteiger partial charge in [-0.3, -0.25) is 14.4 Å². The number of anilines is 1. The number of rotatable bonds is 6. The van der Waals surface area contributed by atoms with Crippen molar-refractivity contribution in [3.8, 4) is 0 Å². The van der Waals surface area contributed by atoms with Gasteiger partial charge in [0.2, 0.25) is 5.91 Å². The fourth-order valence-corrected chi connectivity index (χ4v) is 2.58. The molecule has 8 heteroatoms. The van der Waals surface area contributed by atoms with Gasteiger partial charge in [-0.05, 0) is 13.0 Å². The smallest absolute Gasteiger partial charge is 0.239 e. The number of carbonyl (C=O) groups is 1. The molecule has 2 rings (SSSR count). The van der Waals surface area contributed by atoms with Crippen LogP contribution in [0.15, 0.2) is 12.3 Å². The Bertz CT molecular complexity index is 493. The molecule has 8 nitrogen and oxygen atoms in total. The van der Waals surface area contributed by atoms with Gasteiger partial charge in [-0.15, -0.1) is 0 Å². The number of amides is 1. The number of aliphatic hydroxyl groups excluding tert-OH is 2. The van der Waals surface area contributed by atoms with Gasteiger partial charge in [-0.25, -0.2) is 0 Å². The Labute approximate surface area is 129 Å². The molecular formula is C14H24N4O4. The van der Waals surface area contributed by atoms with E-state index >= 15 is 0 Å². The minimum atomic E-state index is -0.919. The lowest BCUT2D eigenvalue weighted by atomic mass is 10.0. The molecule has 0 spiro atoms. The Morgan fingerprint density at radius 1 is 1.55 bits per heavy atom. The third kappa shape index (κ3) is 4.26. The summed E-state index contributed by atoms with van der Waals surface area (Å²) in [6.07, 6.45) is 0.741. The van der Waals surface area contributed by atoms with E-state index in [2.05, 4.69) is 10.4 Å². The number of aryl methyl sites for hydroxylation is 1. The average Bonchev–Trinajstić information content (AvgIpc) is 2.86. The molecule has 1 aromatic heterocycles. The molecule has 1 aliphatic heterocycles. The molecule has 1 fully saturated rings. The molecule has 0 radical (unpaired) electrons. The molecule has 1 aromatic rings. The van der Waals surface area contributed by atoms with Crippen LogP contribution in [0.25, 0.3) is 0 Å². The van der Waals surface area contributed by atoms with E-state index < -0.39 is 18.2 Å². The largest absolute Gasteiger partial charge is 0.389 e. The van der Waals surface area contributed by atoms with Gasteiger partial charge in [0.15, 0.2) is 5.82 Å². The van der Waals surface area contributed by atoms with Crippen LogP contribution >= 0.6 is 0 Å². The average molecular weight is 312 g/mol. The molecular weight excluding hydrogens is 288 g/mol. The molecule has 0 unspecified atom stereocenters. The fourth-order valence-electron chi connectivity index (χ4n) is 2.58. The molecule has 124 valence electrons. The Kier molecular flexibility index (Phi) is 5.90. The van der Waals surface area contributed by atoms with Crippen molar-refractivity contribution in [3.05, 3.63) is 12.3 Å². The predicted molar refractivity (Wildman–Crippen MR) is 80.3 cm³/mol. The topological polar surface area (TPSA) is 99.9 Å². The Balaban J connectivity index is 1.96. The second-order valence-corrected chi connectivity index (χ2v) is 5.56. The number of hydrogen-bond donors (Lipinski definition) is 3. The van der Waals surface area contributed by atoms with E-state index in [1.807, 2.05) is 11.8 Å². The predicted octanol–water partition coefficient (Wildman–Crippen LogP) is -0.809. The fraction of sp³-hybridized carbons (Fsp3) is 0.714. The lowest BCUT2D eigenvalue weighted by Crippen LogP contribution is -2.57. The highest BCUT2D eigenvalue weighted by Crippen LogP contribution is 2.15. The number of ether oxygens (including phenoxy) is 1. The van der Waals surface area contributed by atoms with E-state index in [0.29, 0.717) is 19.0 Å². The maximum absolute atomic E-state index is 12.2. The number of nitrogens with zero attached hydrogens (tertiary/aromatic N) is 3. The summed E-state index contributed by atoms with van der Waals surface area (Å²) < 4.78 is 6.90. The third-order valence-corrected chi connectivity index (χ3v) is 3.67. The van der Waals surface area contributed by atoms with Crippen molar-refractivity contribution in [2.45, 2.75) is 31.6 Å². The van der Waals surface area contributed by atoms with E-state index in [9.17, 15) is 15.0 Å². The molecule has 0 saturated carbocycles. The van der Waals surface area contributed by atoms with Crippen molar-refractivity contribution in [2.24, 2.45) is 7.05 Å². The maximum Gasteiger partial charge on any atom is 0.239 e. The number of aliphatic hydroxyl groups is 2. The van der Waals surface area contributed by atoms with E-state index in [1.165, 1.54) is 0 Å². The van der Waals surface area contributed by atoms with Gasteiger partial charge < -0.3 is 20.3 Å². The molecule has 1 aliphatic rings. The Morgan fingerprint density at radius 2 is 2.32 bits per heavy atom. The first-order chi connectivity index (χ1) is 10.5. The van der Waals surface area contributed by atoms with Crippen molar-refractivity contribution in [2.75, 3.05) is 31.6 Å². The van der Waals surface area contributed by atoms with Crippen LogP contribution in [0.1, 0.15) is 13.3 Å². The second kappa shape index (κ2) is 7.68. The maximum atomic E-state index is 12.2. The van der Waals surface area contributed by atoms with Gasteiger partial charge in [0, 0.05) is 19.3 Å². The van der Waals surface area contributed by atoms with Gasteiger partial charge in [-0.2, -0.15) is 5.10 Å². The number of aromatic nitrogens is 2. The van der Waals surface area contributed by atoms with Crippen LogP contribution in [0.3, 0.4) is 0 Å². The number of nitrogens with one attached hydrogen (secondary N) is 1. The molecule has 3 atom stereocenters.